The van der Waals surface area contributed by atoms with E-state index >= 15 is 0 Å². The lowest BCUT2D eigenvalue weighted by Crippen LogP contribution is -2.10. The minimum atomic E-state index is 0.353. The topological polar surface area (TPSA) is 37.8 Å². The average molecular weight is 220 g/mol. The van der Waals surface area contributed by atoms with Gasteiger partial charge in [0.15, 0.2) is 0 Å². The van der Waals surface area contributed by atoms with E-state index in [-0.39, 0.29) is 0 Å². The summed E-state index contributed by atoms with van der Waals surface area (Å²) < 4.78 is 0. The summed E-state index contributed by atoms with van der Waals surface area (Å²) in [5.41, 5.74) is 0. The van der Waals surface area contributed by atoms with Gasteiger partial charge in [0.2, 0.25) is 5.95 Å². The van der Waals surface area contributed by atoms with Crippen LogP contribution in [0.2, 0.25) is 10.3 Å². The fourth-order valence-corrected chi connectivity index (χ4v) is 1.19. The van der Waals surface area contributed by atoms with E-state index in [0.717, 1.165) is 6.54 Å². The van der Waals surface area contributed by atoms with Crippen molar-refractivity contribution >= 4 is 29.2 Å². The zero-order valence-corrected chi connectivity index (χ0v) is 9.02. The molecule has 72 valence electrons. The molecule has 0 bridgehead atoms. The van der Waals surface area contributed by atoms with Crippen LogP contribution in [0.15, 0.2) is 6.07 Å². The van der Waals surface area contributed by atoms with E-state index in [1.54, 1.807) is 0 Å². The van der Waals surface area contributed by atoms with Crippen molar-refractivity contribution in [2.24, 2.45) is 5.92 Å². The SMILES string of the molecule is CC(C)CNc1nc(Cl)cc(Cl)n1. The van der Waals surface area contributed by atoms with Crippen molar-refractivity contribution in [1.82, 2.24) is 9.97 Å². The molecule has 0 atom stereocenters. The molecule has 0 amide bonds. The Balaban J connectivity index is 2.66. The van der Waals surface area contributed by atoms with Crippen LogP contribution in [0.4, 0.5) is 5.95 Å². The number of halogens is 2. The summed E-state index contributed by atoms with van der Waals surface area (Å²) in [5.74, 6) is 1.01. The summed E-state index contributed by atoms with van der Waals surface area (Å²) in [6.07, 6.45) is 0. The zero-order chi connectivity index (χ0) is 9.84. The van der Waals surface area contributed by atoms with Crippen molar-refractivity contribution in [1.29, 1.82) is 0 Å². The van der Waals surface area contributed by atoms with Crippen molar-refractivity contribution in [2.75, 3.05) is 11.9 Å². The van der Waals surface area contributed by atoms with Crippen LogP contribution in [0.5, 0.6) is 0 Å². The van der Waals surface area contributed by atoms with Crippen LogP contribution in [0, 0.1) is 5.92 Å². The maximum Gasteiger partial charge on any atom is 0.225 e. The largest absolute Gasteiger partial charge is 0.354 e. The highest BCUT2D eigenvalue weighted by molar-refractivity contribution is 6.33. The second-order valence-electron chi connectivity index (χ2n) is 3.11. The van der Waals surface area contributed by atoms with Crippen LogP contribution in [-0.4, -0.2) is 16.5 Å². The van der Waals surface area contributed by atoms with Crippen LogP contribution >= 0.6 is 23.2 Å². The third-order valence-corrected chi connectivity index (χ3v) is 1.72. The van der Waals surface area contributed by atoms with Gasteiger partial charge in [-0.15, -0.1) is 0 Å². The molecule has 0 saturated heterocycles. The van der Waals surface area contributed by atoms with E-state index < -0.39 is 0 Å². The molecule has 0 fully saturated rings. The molecule has 13 heavy (non-hydrogen) atoms. The Hall–Kier alpha value is -0.540. The quantitative estimate of drug-likeness (QED) is 0.796. The molecule has 0 aliphatic carbocycles. The smallest absolute Gasteiger partial charge is 0.225 e. The third kappa shape index (κ3) is 3.79. The molecule has 0 radical (unpaired) electrons. The first-order valence-corrected chi connectivity index (χ1v) is 4.77. The first-order chi connectivity index (χ1) is 6.08. The Labute approximate surface area is 87.5 Å². The summed E-state index contributed by atoms with van der Waals surface area (Å²) in [6.45, 7) is 5.00. The molecule has 1 N–H and O–H groups in total. The molecular formula is C8H11Cl2N3. The molecule has 1 aromatic rings. The van der Waals surface area contributed by atoms with E-state index in [4.69, 9.17) is 23.2 Å². The first-order valence-electron chi connectivity index (χ1n) is 4.02. The van der Waals surface area contributed by atoms with Gasteiger partial charge in [0.25, 0.3) is 0 Å². The lowest BCUT2D eigenvalue weighted by molar-refractivity contribution is 0.684. The van der Waals surface area contributed by atoms with Gasteiger partial charge in [-0.3, -0.25) is 0 Å². The number of hydrogen-bond donors (Lipinski definition) is 1. The zero-order valence-electron chi connectivity index (χ0n) is 7.51. The van der Waals surface area contributed by atoms with Crippen molar-refractivity contribution in [3.05, 3.63) is 16.4 Å². The second kappa shape index (κ2) is 4.63. The third-order valence-electron chi connectivity index (χ3n) is 1.33. The molecule has 0 aliphatic rings. The Morgan fingerprint density at radius 2 is 1.85 bits per heavy atom. The molecule has 1 aromatic heterocycles. The van der Waals surface area contributed by atoms with Crippen molar-refractivity contribution in [3.63, 3.8) is 0 Å². The van der Waals surface area contributed by atoms with Crippen molar-refractivity contribution < 1.29 is 0 Å². The highest BCUT2D eigenvalue weighted by Crippen LogP contribution is 2.14. The van der Waals surface area contributed by atoms with Crippen molar-refractivity contribution in [3.8, 4) is 0 Å². The minimum absolute atomic E-state index is 0.353. The van der Waals surface area contributed by atoms with Crippen molar-refractivity contribution in [2.45, 2.75) is 13.8 Å². The van der Waals surface area contributed by atoms with Gasteiger partial charge in [-0.2, -0.15) is 0 Å². The van der Waals surface area contributed by atoms with Gasteiger partial charge in [-0.25, -0.2) is 9.97 Å². The molecule has 3 nitrogen and oxygen atoms in total. The predicted molar refractivity (Wildman–Crippen MR) is 55.4 cm³/mol. The summed E-state index contributed by atoms with van der Waals surface area (Å²) in [4.78, 5) is 7.93. The molecule has 5 heteroatoms. The molecule has 1 heterocycles. The number of anilines is 1. The van der Waals surface area contributed by atoms with Crippen LogP contribution in [0.25, 0.3) is 0 Å². The van der Waals surface area contributed by atoms with E-state index in [9.17, 15) is 0 Å². The molecular weight excluding hydrogens is 209 g/mol. The Morgan fingerprint density at radius 3 is 2.31 bits per heavy atom. The van der Waals surface area contributed by atoms with Crippen LogP contribution in [-0.2, 0) is 0 Å². The Morgan fingerprint density at radius 1 is 1.31 bits per heavy atom. The van der Waals surface area contributed by atoms with Crippen LogP contribution in [0.1, 0.15) is 13.8 Å². The summed E-state index contributed by atoms with van der Waals surface area (Å²) >= 11 is 11.4. The highest BCUT2D eigenvalue weighted by Gasteiger charge is 2.01. The summed E-state index contributed by atoms with van der Waals surface area (Å²) in [5, 5.41) is 3.74. The number of aromatic nitrogens is 2. The fourth-order valence-electron chi connectivity index (χ4n) is 0.765. The molecule has 0 aromatic carbocycles. The molecule has 0 unspecified atom stereocenters. The van der Waals surface area contributed by atoms with Crippen LogP contribution in [0.3, 0.4) is 0 Å². The van der Waals surface area contributed by atoms with E-state index in [2.05, 4.69) is 29.1 Å². The lowest BCUT2D eigenvalue weighted by Gasteiger charge is -2.07. The lowest BCUT2D eigenvalue weighted by atomic mass is 10.2. The van der Waals surface area contributed by atoms with E-state index in [1.807, 2.05) is 0 Å². The van der Waals surface area contributed by atoms with Crippen LogP contribution < -0.4 is 5.32 Å². The van der Waals surface area contributed by atoms with E-state index in [0.29, 0.717) is 22.2 Å². The van der Waals surface area contributed by atoms with E-state index in [1.165, 1.54) is 6.07 Å². The number of rotatable bonds is 3. The maximum atomic E-state index is 5.69. The molecule has 0 aliphatic heterocycles. The number of nitrogens with zero attached hydrogens (tertiary/aromatic N) is 2. The number of nitrogens with one attached hydrogen (secondary N) is 1. The van der Waals surface area contributed by atoms with Gasteiger partial charge < -0.3 is 5.32 Å². The van der Waals surface area contributed by atoms with Gasteiger partial charge in [0.1, 0.15) is 10.3 Å². The summed E-state index contributed by atoms with van der Waals surface area (Å²) in [7, 11) is 0. The molecule has 1 rings (SSSR count). The van der Waals surface area contributed by atoms with Gasteiger partial charge in [-0.05, 0) is 5.92 Å². The van der Waals surface area contributed by atoms with Gasteiger partial charge >= 0.3 is 0 Å². The maximum absolute atomic E-state index is 5.69. The second-order valence-corrected chi connectivity index (χ2v) is 3.89. The average Bonchev–Trinajstić information content (AvgIpc) is 1.99. The standard InChI is InChI=1S/C8H11Cl2N3/c1-5(2)4-11-8-12-6(9)3-7(10)13-8/h3,5H,4H2,1-2H3,(H,11,12,13). The summed E-state index contributed by atoms with van der Waals surface area (Å²) in [6, 6.07) is 1.50. The highest BCUT2D eigenvalue weighted by atomic mass is 35.5. The Bertz CT molecular complexity index is 268. The van der Waals surface area contributed by atoms with Gasteiger partial charge in [0.05, 0.1) is 0 Å². The number of hydrogen-bond acceptors (Lipinski definition) is 3. The fraction of sp³-hybridized carbons (Fsp3) is 0.500. The predicted octanol–water partition coefficient (Wildman–Crippen LogP) is 2.85. The molecule has 0 spiro atoms. The molecule has 0 saturated carbocycles. The normalized spacial score (nSPS) is 10.5. The monoisotopic (exact) mass is 219 g/mol. The minimum Gasteiger partial charge on any atom is -0.354 e. The Kier molecular flexibility index (Phi) is 3.75. The van der Waals surface area contributed by atoms with Gasteiger partial charge in [-0.1, -0.05) is 37.0 Å². The first kappa shape index (κ1) is 10.5. The van der Waals surface area contributed by atoms with Gasteiger partial charge in [0, 0.05) is 12.6 Å².